The van der Waals surface area contributed by atoms with E-state index in [0.29, 0.717) is 12.5 Å². The van der Waals surface area contributed by atoms with Crippen molar-refractivity contribution in [2.75, 3.05) is 5.32 Å². The van der Waals surface area contributed by atoms with Gasteiger partial charge < -0.3 is 5.32 Å². The van der Waals surface area contributed by atoms with Crippen molar-refractivity contribution >= 4 is 17.3 Å². The summed E-state index contributed by atoms with van der Waals surface area (Å²) in [4.78, 5) is 0. The van der Waals surface area contributed by atoms with Crippen LogP contribution >= 0.6 is 11.6 Å². The second-order valence-electron chi connectivity index (χ2n) is 4.88. The summed E-state index contributed by atoms with van der Waals surface area (Å²) in [7, 11) is 0. The Morgan fingerprint density at radius 1 is 1.11 bits per heavy atom. The average molecular weight is 278 g/mol. The summed E-state index contributed by atoms with van der Waals surface area (Å²) < 4.78 is 13.0. The molecule has 0 saturated heterocycles. The highest BCUT2D eigenvalue weighted by Gasteiger charge is 2.02. The van der Waals surface area contributed by atoms with Crippen LogP contribution in [0.4, 0.5) is 10.1 Å². The number of halogens is 2. The third kappa shape index (κ3) is 3.71. The van der Waals surface area contributed by atoms with Gasteiger partial charge in [-0.3, -0.25) is 0 Å². The van der Waals surface area contributed by atoms with Crippen LogP contribution in [-0.2, 0) is 6.54 Å². The summed E-state index contributed by atoms with van der Waals surface area (Å²) >= 11 is 5.75. The Balaban J connectivity index is 2.00. The highest BCUT2D eigenvalue weighted by Crippen LogP contribution is 2.19. The van der Waals surface area contributed by atoms with Crippen molar-refractivity contribution in [3.8, 4) is 0 Å². The molecule has 0 aliphatic rings. The first-order valence-corrected chi connectivity index (χ1v) is 6.72. The lowest BCUT2D eigenvalue weighted by atomic mass is 10.0. The van der Waals surface area contributed by atoms with Crippen molar-refractivity contribution in [3.05, 3.63) is 64.4 Å². The lowest BCUT2D eigenvalue weighted by molar-refractivity contribution is 0.627. The minimum Gasteiger partial charge on any atom is -0.381 e. The van der Waals surface area contributed by atoms with E-state index >= 15 is 0 Å². The minimum absolute atomic E-state index is 0.162. The van der Waals surface area contributed by atoms with Gasteiger partial charge in [-0.1, -0.05) is 43.6 Å². The molecular weight excluding hydrogens is 261 g/mol. The number of rotatable bonds is 4. The smallest absolute Gasteiger partial charge is 0.141 e. The van der Waals surface area contributed by atoms with Gasteiger partial charge >= 0.3 is 0 Å². The van der Waals surface area contributed by atoms with Crippen molar-refractivity contribution < 1.29 is 4.39 Å². The maximum atomic E-state index is 13.0. The Morgan fingerprint density at radius 2 is 1.79 bits per heavy atom. The predicted octanol–water partition coefficient (Wildman–Crippen LogP) is 5.21. The van der Waals surface area contributed by atoms with E-state index in [1.165, 1.54) is 11.6 Å². The van der Waals surface area contributed by atoms with E-state index in [1.807, 2.05) is 0 Å². The molecule has 0 bridgehead atoms. The summed E-state index contributed by atoms with van der Waals surface area (Å²) in [5.41, 5.74) is 3.32. The predicted molar refractivity (Wildman–Crippen MR) is 79.3 cm³/mol. The molecule has 2 aromatic rings. The van der Waals surface area contributed by atoms with Gasteiger partial charge in [0.25, 0.3) is 0 Å². The van der Waals surface area contributed by atoms with E-state index in [0.717, 1.165) is 11.3 Å². The maximum Gasteiger partial charge on any atom is 0.141 e. The van der Waals surface area contributed by atoms with Gasteiger partial charge in [0.2, 0.25) is 0 Å². The Kier molecular flexibility index (Phi) is 4.43. The van der Waals surface area contributed by atoms with Gasteiger partial charge in [0.05, 0.1) is 5.02 Å². The monoisotopic (exact) mass is 277 g/mol. The molecule has 19 heavy (non-hydrogen) atoms. The number of benzene rings is 2. The lowest BCUT2D eigenvalue weighted by Crippen LogP contribution is -2.00. The zero-order chi connectivity index (χ0) is 13.8. The van der Waals surface area contributed by atoms with Crippen LogP contribution in [-0.4, -0.2) is 0 Å². The van der Waals surface area contributed by atoms with E-state index in [2.05, 4.69) is 43.4 Å². The minimum atomic E-state index is -0.383. The molecule has 1 nitrogen and oxygen atoms in total. The third-order valence-corrected chi connectivity index (χ3v) is 3.35. The normalized spacial score (nSPS) is 10.8. The summed E-state index contributed by atoms with van der Waals surface area (Å²) in [6.07, 6.45) is 0. The molecule has 0 amide bonds. The van der Waals surface area contributed by atoms with Crippen molar-refractivity contribution in [1.82, 2.24) is 0 Å². The van der Waals surface area contributed by atoms with E-state index in [1.54, 1.807) is 12.1 Å². The van der Waals surface area contributed by atoms with Crippen molar-refractivity contribution in [2.24, 2.45) is 0 Å². The Labute approximate surface area is 118 Å². The van der Waals surface area contributed by atoms with Crippen LogP contribution in [0.2, 0.25) is 5.02 Å². The molecule has 0 fully saturated rings. The molecule has 2 aromatic carbocycles. The SMILES string of the molecule is CC(C)c1ccc(NCc2ccc(F)c(Cl)c2)cc1. The number of hydrogen-bond acceptors (Lipinski definition) is 1. The molecule has 2 rings (SSSR count). The quantitative estimate of drug-likeness (QED) is 0.808. The highest BCUT2D eigenvalue weighted by atomic mass is 35.5. The summed E-state index contributed by atoms with van der Waals surface area (Å²) in [5, 5.41) is 3.45. The van der Waals surface area contributed by atoms with Gasteiger partial charge in [0, 0.05) is 12.2 Å². The molecule has 0 heterocycles. The average Bonchev–Trinajstić information content (AvgIpc) is 2.40. The molecule has 0 aliphatic carbocycles. The number of hydrogen-bond donors (Lipinski definition) is 1. The molecule has 0 spiro atoms. The molecule has 0 atom stereocenters. The van der Waals surface area contributed by atoms with Crippen LogP contribution in [0, 0.1) is 5.82 Å². The molecule has 0 radical (unpaired) electrons. The summed E-state index contributed by atoms with van der Waals surface area (Å²) in [6, 6.07) is 13.1. The molecule has 1 N–H and O–H groups in total. The molecule has 0 aromatic heterocycles. The van der Waals surface area contributed by atoms with E-state index in [4.69, 9.17) is 11.6 Å². The van der Waals surface area contributed by atoms with Crippen LogP contribution in [0.15, 0.2) is 42.5 Å². The molecular formula is C16H17ClFN. The van der Waals surface area contributed by atoms with Gasteiger partial charge in [0.1, 0.15) is 5.82 Å². The van der Waals surface area contributed by atoms with Gasteiger partial charge in [0.15, 0.2) is 0 Å². The van der Waals surface area contributed by atoms with Gasteiger partial charge in [-0.05, 0) is 41.3 Å². The molecule has 0 unspecified atom stereocenters. The summed E-state index contributed by atoms with van der Waals surface area (Å²) in [6.45, 7) is 4.97. The Bertz CT molecular complexity index is 549. The van der Waals surface area contributed by atoms with Crippen LogP contribution in [0.3, 0.4) is 0 Å². The van der Waals surface area contributed by atoms with Crippen LogP contribution in [0.5, 0.6) is 0 Å². The van der Waals surface area contributed by atoms with Crippen molar-refractivity contribution in [3.63, 3.8) is 0 Å². The summed E-state index contributed by atoms with van der Waals surface area (Å²) in [5.74, 6) is 0.150. The lowest BCUT2D eigenvalue weighted by Gasteiger charge is -2.09. The van der Waals surface area contributed by atoms with E-state index in [9.17, 15) is 4.39 Å². The second-order valence-corrected chi connectivity index (χ2v) is 5.29. The van der Waals surface area contributed by atoms with Crippen molar-refractivity contribution in [1.29, 1.82) is 0 Å². The fourth-order valence-corrected chi connectivity index (χ4v) is 2.04. The fourth-order valence-electron chi connectivity index (χ4n) is 1.84. The first-order chi connectivity index (χ1) is 9.06. The van der Waals surface area contributed by atoms with Crippen molar-refractivity contribution in [2.45, 2.75) is 26.3 Å². The van der Waals surface area contributed by atoms with E-state index in [-0.39, 0.29) is 10.8 Å². The number of nitrogens with one attached hydrogen (secondary N) is 1. The van der Waals surface area contributed by atoms with E-state index < -0.39 is 0 Å². The molecule has 3 heteroatoms. The third-order valence-electron chi connectivity index (χ3n) is 3.06. The highest BCUT2D eigenvalue weighted by molar-refractivity contribution is 6.30. The molecule has 100 valence electrons. The van der Waals surface area contributed by atoms with Gasteiger partial charge in [-0.2, -0.15) is 0 Å². The zero-order valence-electron chi connectivity index (χ0n) is 11.1. The maximum absolute atomic E-state index is 13.0. The Hall–Kier alpha value is -1.54. The topological polar surface area (TPSA) is 12.0 Å². The van der Waals surface area contributed by atoms with Gasteiger partial charge in [-0.15, -0.1) is 0 Å². The van der Waals surface area contributed by atoms with Gasteiger partial charge in [-0.25, -0.2) is 4.39 Å². The fraction of sp³-hybridized carbons (Fsp3) is 0.250. The van der Waals surface area contributed by atoms with Crippen LogP contribution < -0.4 is 5.32 Å². The van der Waals surface area contributed by atoms with Crippen LogP contribution in [0.25, 0.3) is 0 Å². The zero-order valence-corrected chi connectivity index (χ0v) is 11.8. The standard InChI is InChI=1S/C16H17ClFN/c1-11(2)13-4-6-14(7-5-13)19-10-12-3-8-16(18)15(17)9-12/h3-9,11,19H,10H2,1-2H3. The largest absolute Gasteiger partial charge is 0.381 e. The second kappa shape index (κ2) is 6.07. The molecule has 0 saturated carbocycles. The van der Waals surface area contributed by atoms with Crippen LogP contribution in [0.1, 0.15) is 30.9 Å². The number of anilines is 1. The Morgan fingerprint density at radius 3 is 2.37 bits per heavy atom. The first-order valence-electron chi connectivity index (χ1n) is 6.34. The molecule has 0 aliphatic heterocycles. The first kappa shape index (κ1) is 13.9.